The van der Waals surface area contributed by atoms with Crippen molar-refractivity contribution in [3.63, 3.8) is 0 Å². The highest BCUT2D eigenvalue weighted by Gasteiger charge is 2.31. The summed E-state index contributed by atoms with van der Waals surface area (Å²) in [6.45, 7) is 0.529. The number of amides is 1. The molecule has 2 aromatic carbocycles. The minimum atomic E-state index is -4.29. The van der Waals surface area contributed by atoms with Crippen molar-refractivity contribution in [1.29, 1.82) is 0 Å². The summed E-state index contributed by atoms with van der Waals surface area (Å²) in [5, 5.41) is 14.9. The van der Waals surface area contributed by atoms with Gasteiger partial charge in [-0.15, -0.1) is 0 Å². The van der Waals surface area contributed by atoms with E-state index in [1.165, 1.54) is 33.5 Å². The molecule has 0 spiro atoms. The Balaban J connectivity index is 1.32. The van der Waals surface area contributed by atoms with Gasteiger partial charge in [-0.1, -0.05) is 5.16 Å². The van der Waals surface area contributed by atoms with Crippen LogP contribution in [0.25, 0.3) is 11.0 Å². The second-order valence-corrected chi connectivity index (χ2v) is 11.2. The molecule has 1 saturated carbocycles. The standard InChI is InChI=1S/C26H28N6O7S/c1-36-20-11-16-19(12-18(20)27-23-13-17(28-29-23)14-6-7-14)39-30-26(16)31-40(34,35)25-21(37-2)9-15(10-22(25)38-3)32-8-4-5-24(32)33/h9-14H,4-8H2,1-3H3,(H,30,31)(H2,27,28,29). The predicted octanol–water partition coefficient (Wildman–Crippen LogP) is 4.13. The number of H-pyrrole nitrogens is 1. The van der Waals surface area contributed by atoms with Crippen LogP contribution in [-0.2, 0) is 14.8 Å². The van der Waals surface area contributed by atoms with Gasteiger partial charge in [-0.25, -0.2) is 8.42 Å². The molecule has 2 aromatic heterocycles. The minimum Gasteiger partial charge on any atom is -0.495 e. The molecule has 40 heavy (non-hydrogen) atoms. The van der Waals surface area contributed by atoms with E-state index >= 15 is 0 Å². The first-order valence-electron chi connectivity index (χ1n) is 12.7. The molecule has 2 aliphatic rings. The molecule has 1 amide bonds. The Bertz CT molecular complexity index is 1680. The highest BCUT2D eigenvalue weighted by atomic mass is 32.2. The number of aromatic amines is 1. The quantitative estimate of drug-likeness (QED) is 0.254. The summed E-state index contributed by atoms with van der Waals surface area (Å²) in [5.74, 6) is 1.52. The van der Waals surface area contributed by atoms with Crippen molar-refractivity contribution in [3.8, 4) is 17.2 Å². The second kappa shape index (κ2) is 9.93. The first-order valence-corrected chi connectivity index (χ1v) is 14.2. The van der Waals surface area contributed by atoms with E-state index in [2.05, 4.69) is 25.4 Å². The lowest BCUT2D eigenvalue weighted by atomic mass is 10.2. The maximum absolute atomic E-state index is 13.6. The van der Waals surface area contributed by atoms with Gasteiger partial charge in [0.1, 0.15) is 17.2 Å². The number of methoxy groups -OCH3 is 3. The van der Waals surface area contributed by atoms with Crippen molar-refractivity contribution < 1.29 is 31.9 Å². The smallest absolute Gasteiger partial charge is 0.270 e. The average molecular weight is 569 g/mol. The summed E-state index contributed by atoms with van der Waals surface area (Å²) in [6.07, 6.45) is 3.44. The normalized spacial score (nSPS) is 15.5. The van der Waals surface area contributed by atoms with Crippen LogP contribution in [0.15, 0.2) is 39.8 Å². The summed E-state index contributed by atoms with van der Waals surface area (Å²) in [5.41, 5.74) is 2.46. The SMILES string of the molecule is COc1cc2c(NS(=O)(=O)c3c(OC)cc(N4CCCC4=O)cc3OC)noc2cc1Nc1cc(C2CC2)[nH]n1. The number of hydrogen-bond donors (Lipinski definition) is 3. The first kappa shape index (κ1) is 25.8. The van der Waals surface area contributed by atoms with Crippen LogP contribution >= 0.6 is 0 Å². The molecule has 0 unspecified atom stereocenters. The van der Waals surface area contributed by atoms with E-state index in [1.54, 1.807) is 17.0 Å². The third-order valence-electron chi connectivity index (χ3n) is 7.00. The van der Waals surface area contributed by atoms with Gasteiger partial charge in [-0.2, -0.15) is 5.10 Å². The number of aromatic nitrogens is 3. The minimum absolute atomic E-state index is 0.0167. The number of nitrogens with zero attached hydrogens (tertiary/aromatic N) is 3. The van der Waals surface area contributed by atoms with Crippen LogP contribution in [-0.4, -0.2) is 57.6 Å². The Labute approximate surface area is 229 Å². The van der Waals surface area contributed by atoms with E-state index in [-0.39, 0.29) is 28.1 Å². The van der Waals surface area contributed by atoms with E-state index in [0.717, 1.165) is 18.5 Å². The number of rotatable bonds is 10. The van der Waals surface area contributed by atoms with Crippen molar-refractivity contribution in [2.24, 2.45) is 0 Å². The molecule has 0 radical (unpaired) electrons. The van der Waals surface area contributed by atoms with Gasteiger partial charge in [-0.05, 0) is 25.3 Å². The Kier molecular flexibility index (Phi) is 6.41. The number of ether oxygens (including phenoxy) is 3. The zero-order valence-electron chi connectivity index (χ0n) is 22.1. The van der Waals surface area contributed by atoms with Crippen LogP contribution in [0.2, 0.25) is 0 Å². The molecule has 210 valence electrons. The Morgan fingerprint density at radius 1 is 1.02 bits per heavy atom. The van der Waals surface area contributed by atoms with Gasteiger partial charge in [-0.3, -0.25) is 14.6 Å². The maximum Gasteiger partial charge on any atom is 0.270 e. The van der Waals surface area contributed by atoms with Crippen LogP contribution in [0, 0.1) is 0 Å². The van der Waals surface area contributed by atoms with Crippen LogP contribution < -0.4 is 29.1 Å². The monoisotopic (exact) mass is 568 g/mol. The number of anilines is 4. The van der Waals surface area contributed by atoms with Crippen molar-refractivity contribution >= 4 is 49.9 Å². The fraction of sp³-hybridized carbons (Fsp3) is 0.346. The third-order valence-corrected chi connectivity index (χ3v) is 8.40. The lowest BCUT2D eigenvalue weighted by Crippen LogP contribution is -2.24. The summed E-state index contributed by atoms with van der Waals surface area (Å²) in [7, 11) is -0.0852. The van der Waals surface area contributed by atoms with Gasteiger partial charge < -0.3 is 29.0 Å². The van der Waals surface area contributed by atoms with E-state index in [9.17, 15) is 13.2 Å². The molecule has 1 saturated heterocycles. The van der Waals surface area contributed by atoms with Crippen LogP contribution in [0.4, 0.5) is 23.0 Å². The number of benzene rings is 2. The zero-order chi connectivity index (χ0) is 28.0. The first-order chi connectivity index (χ1) is 19.3. The largest absolute Gasteiger partial charge is 0.495 e. The number of carbonyl (C=O) groups excluding carboxylic acids is 1. The molecule has 0 bridgehead atoms. The molecule has 1 aliphatic carbocycles. The third kappa shape index (κ3) is 4.63. The number of fused-ring (bicyclic) bond motifs is 1. The van der Waals surface area contributed by atoms with E-state index in [0.29, 0.717) is 59.2 Å². The Morgan fingerprint density at radius 3 is 2.38 bits per heavy atom. The van der Waals surface area contributed by atoms with E-state index in [1.807, 2.05) is 6.07 Å². The van der Waals surface area contributed by atoms with Gasteiger partial charge in [0.15, 0.2) is 22.1 Å². The lowest BCUT2D eigenvalue weighted by Gasteiger charge is -2.20. The fourth-order valence-corrected chi connectivity index (χ4v) is 6.15. The van der Waals surface area contributed by atoms with Gasteiger partial charge >= 0.3 is 0 Å². The van der Waals surface area contributed by atoms with Crippen LogP contribution in [0.1, 0.15) is 37.3 Å². The summed E-state index contributed by atoms with van der Waals surface area (Å²) >= 11 is 0. The molecule has 2 fully saturated rings. The highest BCUT2D eigenvalue weighted by molar-refractivity contribution is 7.93. The van der Waals surface area contributed by atoms with Gasteiger partial charge in [0.2, 0.25) is 5.91 Å². The second-order valence-electron chi connectivity index (χ2n) is 9.62. The Hall–Kier alpha value is -4.46. The van der Waals surface area contributed by atoms with Crippen LogP contribution in [0.5, 0.6) is 17.2 Å². The predicted molar refractivity (Wildman–Crippen MR) is 146 cm³/mol. The van der Waals surface area contributed by atoms with Crippen LogP contribution in [0.3, 0.4) is 0 Å². The maximum atomic E-state index is 13.6. The van der Waals surface area contributed by atoms with Gasteiger partial charge in [0.05, 0.1) is 38.1 Å². The average Bonchev–Trinajstić information content (AvgIpc) is 3.34. The van der Waals surface area contributed by atoms with Gasteiger partial charge in [0.25, 0.3) is 10.0 Å². The summed E-state index contributed by atoms with van der Waals surface area (Å²) < 4.78 is 51.6. The molecule has 13 nitrogen and oxygen atoms in total. The Morgan fingerprint density at radius 2 is 1.75 bits per heavy atom. The number of hydrogen-bond acceptors (Lipinski definition) is 10. The van der Waals surface area contributed by atoms with Crippen molar-refractivity contribution in [2.75, 3.05) is 42.8 Å². The fourth-order valence-electron chi connectivity index (χ4n) is 4.83. The molecular weight excluding hydrogens is 540 g/mol. The van der Waals surface area contributed by atoms with Crippen molar-refractivity contribution in [2.45, 2.75) is 36.5 Å². The molecule has 3 heterocycles. The number of carbonyl (C=O) groups is 1. The molecule has 14 heteroatoms. The zero-order valence-corrected chi connectivity index (χ0v) is 22.9. The van der Waals surface area contributed by atoms with Crippen molar-refractivity contribution in [1.82, 2.24) is 15.4 Å². The van der Waals surface area contributed by atoms with E-state index < -0.39 is 10.0 Å². The molecule has 3 N–H and O–H groups in total. The highest BCUT2D eigenvalue weighted by Crippen LogP contribution is 2.42. The molecule has 0 atom stereocenters. The van der Waals surface area contributed by atoms with Gasteiger partial charge in [0, 0.05) is 48.8 Å². The molecule has 4 aromatic rings. The molecular formula is C26H28N6O7S. The summed E-state index contributed by atoms with van der Waals surface area (Å²) in [4.78, 5) is 13.6. The summed E-state index contributed by atoms with van der Waals surface area (Å²) in [6, 6.07) is 8.25. The number of sulfonamides is 1. The van der Waals surface area contributed by atoms with Crippen molar-refractivity contribution in [3.05, 3.63) is 36.0 Å². The van der Waals surface area contributed by atoms with E-state index in [4.69, 9.17) is 18.7 Å². The topological polar surface area (TPSA) is 161 Å². The molecule has 6 rings (SSSR count). The number of nitrogens with one attached hydrogen (secondary N) is 3. The lowest BCUT2D eigenvalue weighted by molar-refractivity contribution is -0.117. The molecule has 1 aliphatic heterocycles.